The molecule has 6 nitrogen and oxygen atoms in total. The Balaban J connectivity index is 1.71. The Morgan fingerprint density at radius 1 is 1.17 bits per heavy atom. The number of hydrogen-bond acceptors (Lipinski definition) is 5. The van der Waals surface area contributed by atoms with Gasteiger partial charge in [-0.15, -0.1) is 0 Å². The molecular weight excluding hydrogens is 368 g/mol. The maximum Gasteiger partial charge on any atom is 0.311 e. The highest BCUT2D eigenvalue weighted by molar-refractivity contribution is 5.99. The van der Waals surface area contributed by atoms with Gasteiger partial charge >= 0.3 is 5.97 Å². The first-order valence-corrected chi connectivity index (χ1v) is 10.8. The van der Waals surface area contributed by atoms with E-state index in [-0.39, 0.29) is 28.7 Å². The highest BCUT2D eigenvalue weighted by Gasteiger charge is 2.82. The number of aliphatic hydroxyl groups excluding tert-OH is 1. The maximum atomic E-state index is 13.2. The van der Waals surface area contributed by atoms with Crippen molar-refractivity contribution in [2.75, 3.05) is 25.1 Å². The molecule has 0 aromatic heterocycles. The number of anilines is 1. The first kappa shape index (κ1) is 17.9. The van der Waals surface area contributed by atoms with Crippen LogP contribution in [0.15, 0.2) is 24.3 Å². The molecule has 2 saturated heterocycles. The van der Waals surface area contributed by atoms with E-state index in [0.717, 1.165) is 44.5 Å². The second kappa shape index (κ2) is 5.41. The van der Waals surface area contributed by atoms with Crippen LogP contribution < -0.4 is 4.90 Å². The van der Waals surface area contributed by atoms with Crippen molar-refractivity contribution in [1.82, 2.24) is 4.90 Å². The summed E-state index contributed by atoms with van der Waals surface area (Å²) in [5.74, 6) is -0.661. The summed E-state index contributed by atoms with van der Waals surface area (Å²) < 4.78 is 5.31. The van der Waals surface area contributed by atoms with Crippen molar-refractivity contribution in [3.8, 4) is 0 Å². The smallest absolute Gasteiger partial charge is 0.311 e. The number of carbonyl (C=O) groups is 2. The van der Waals surface area contributed by atoms with Gasteiger partial charge in [-0.05, 0) is 50.3 Å². The van der Waals surface area contributed by atoms with Crippen LogP contribution >= 0.6 is 0 Å². The van der Waals surface area contributed by atoms with Crippen molar-refractivity contribution in [2.24, 2.45) is 11.3 Å². The van der Waals surface area contributed by atoms with Crippen molar-refractivity contribution in [3.05, 3.63) is 29.8 Å². The second-order valence-corrected chi connectivity index (χ2v) is 9.77. The number of aliphatic hydroxyl groups is 1. The lowest BCUT2D eigenvalue weighted by Crippen LogP contribution is -2.81. The molecule has 3 saturated carbocycles. The predicted molar refractivity (Wildman–Crippen MR) is 106 cm³/mol. The van der Waals surface area contributed by atoms with Gasteiger partial charge in [0.1, 0.15) is 0 Å². The SMILES string of the molecule is COC(=O)C1CC23CCC14N(C(C)=O)c1ccccc1[C@@]41CCN(CCC2O)[C@@H]31. The van der Waals surface area contributed by atoms with Crippen molar-refractivity contribution >= 4 is 17.6 Å². The fourth-order valence-electron chi connectivity index (χ4n) is 8.65. The van der Waals surface area contributed by atoms with E-state index in [4.69, 9.17) is 4.74 Å². The highest BCUT2D eigenvalue weighted by Crippen LogP contribution is 2.75. The number of hydrogen-bond donors (Lipinski definition) is 1. The van der Waals surface area contributed by atoms with Crippen LogP contribution in [0, 0.1) is 11.3 Å². The Hall–Kier alpha value is -1.92. The fourth-order valence-corrected chi connectivity index (χ4v) is 8.65. The molecule has 0 radical (unpaired) electrons. The standard InChI is InChI=1S/C23H28N2O4/c1-14(26)25-17-6-4-3-5-15(17)22-10-12-24-11-7-18(27)21(20(22)24)8-9-23(22,25)16(13-21)19(28)29-2/h3-6,16,18,20,27H,7-13H2,1-2H3/t16?,18?,20-,21?,22+,23?/m0/s1. The lowest BCUT2D eigenvalue weighted by Gasteiger charge is -2.71. The molecular formula is C23H28N2O4. The minimum Gasteiger partial charge on any atom is -0.469 e. The number of nitrogens with zero attached hydrogens (tertiary/aromatic N) is 2. The molecule has 3 aliphatic heterocycles. The van der Waals surface area contributed by atoms with Crippen LogP contribution in [0.25, 0.3) is 0 Å². The monoisotopic (exact) mass is 396 g/mol. The van der Waals surface area contributed by atoms with Gasteiger partial charge < -0.3 is 14.7 Å². The van der Waals surface area contributed by atoms with Gasteiger partial charge in [-0.3, -0.25) is 14.5 Å². The first-order valence-electron chi connectivity index (χ1n) is 10.8. The van der Waals surface area contributed by atoms with Gasteiger partial charge in [0.15, 0.2) is 0 Å². The molecule has 6 atom stereocenters. The van der Waals surface area contributed by atoms with Gasteiger partial charge in [-0.25, -0.2) is 0 Å². The topological polar surface area (TPSA) is 70.1 Å². The van der Waals surface area contributed by atoms with E-state index in [1.54, 1.807) is 6.92 Å². The zero-order valence-corrected chi connectivity index (χ0v) is 17.1. The molecule has 6 aliphatic rings. The number of benzene rings is 1. The summed E-state index contributed by atoms with van der Waals surface area (Å²) in [5.41, 5.74) is 0.901. The summed E-state index contributed by atoms with van der Waals surface area (Å²) in [5, 5.41) is 11.3. The van der Waals surface area contributed by atoms with Crippen LogP contribution in [0.1, 0.15) is 44.6 Å². The van der Waals surface area contributed by atoms with Crippen LogP contribution in [0.2, 0.25) is 0 Å². The van der Waals surface area contributed by atoms with E-state index in [1.807, 2.05) is 17.0 Å². The van der Waals surface area contributed by atoms with Crippen molar-refractivity contribution in [3.63, 3.8) is 0 Å². The number of fused-ring (bicyclic) bond motifs is 3. The summed E-state index contributed by atoms with van der Waals surface area (Å²) in [6.07, 6.45) is 3.45. The summed E-state index contributed by atoms with van der Waals surface area (Å²) in [7, 11) is 1.45. The Bertz CT molecular complexity index is 933. The normalized spacial score (nSPS) is 44.2. The highest BCUT2D eigenvalue weighted by atomic mass is 16.5. The van der Waals surface area contributed by atoms with Crippen molar-refractivity contribution < 1.29 is 19.4 Å². The quantitative estimate of drug-likeness (QED) is 0.734. The molecule has 3 spiro atoms. The Kier molecular flexibility index (Phi) is 3.34. The molecule has 3 aliphatic carbocycles. The summed E-state index contributed by atoms with van der Waals surface area (Å²) in [6.45, 7) is 3.46. The van der Waals surface area contributed by atoms with Crippen LogP contribution in [0.3, 0.4) is 0 Å². The molecule has 3 heterocycles. The third-order valence-corrected chi connectivity index (χ3v) is 9.25. The number of para-hydroxylation sites is 1. The van der Waals surface area contributed by atoms with E-state index in [2.05, 4.69) is 17.0 Å². The summed E-state index contributed by atoms with van der Waals surface area (Å²) in [4.78, 5) is 30.8. The van der Waals surface area contributed by atoms with Gasteiger partial charge in [0, 0.05) is 36.0 Å². The van der Waals surface area contributed by atoms with Gasteiger partial charge in [0.25, 0.3) is 0 Å². The van der Waals surface area contributed by atoms with Crippen LogP contribution in [-0.4, -0.2) is 59.8 Å². The number of amides is 1. The van der Waals surface area contributed by atoms with E-state index in [1.165, 1.54) is 12.7 Å². The summed E-state index contributed by atoms with van der Waals surface area (Å²) >= 11 is 0. The Labute approximate surface area is 170 Å². The molecule has 2 bridgehead atoms. The molecule has 1 N–H and O–H groups in total. The van der Waals surface area contributed by atoms with E-state index in [9.17, 15) is 14.7 Å². The van der Waals surface area contributed by atoms with E-state index >= 15 is 0 Å². The van der Waals surface area contributed by atoms with Crippen molar-refractivity contribution in [2.45, 2.75) is 62.1 Å². The lowest BCUT2D eigenvalue weighted by atomic mass is 9.38. The molecule has 1 aromatic carbocycles. The molecule has 1 amide bonds. The molecule has 5 fully saturated rings. The Morgan fingerprint density at radius 2 is 1.97 bits per heavy atom. The third kappa shape index (κ3) is 1.67. The number of piperidine rings is 1. The number of ether oxygens (including phenoxy) is 1. The molecule has 4 unspecified atom stereocenters. The second-order valence-electron chi connectivity index (χ2n) is 9.77. The van der Waals surface area contributed by atoms with E-state index in [0.29, 0.717) is 6.42 Å². The number of carbonyl (C=O) groups excluding carboxylic acids is 2. The molecule has 1 aromatic rings. The van der Waals surface area contributed by atoms with Gasteiger partial charge in [0.05, 0.1) is 24.7 Å². The average Bonchev–Trinajstić information content (AvgIpc) is 3.25. The van der Waals surface area contributed by atoms with E-state index < -0.39 is 17.6 Å². The minimum absolute atomic E-state index is 0.00700. The van der Waals surface area contributed by atoms with Gasteiger partial charge in [-0.2, -0.15) is 0 Å². The molecule has 29 heavy (non-hydrogen) atoms. The largest absolute Gasteiger partial charge is 0.469 e. The minimum atomic E-state index is -0.603. The number of methoxy groups -OCH3 is 1. The van der Waals surface area contributed by atoms with Crippen LogP contribution in [0.4, 0.5) is 5.69 Å². The van der Waals surface area contributed by atoms with Gasteiger partial charge in [0.2, 0.25) is 5.91 Å². The lowest BCUT2D eigenvalue weighted by molar-refractivity contribution is -0.200. The number of esters is 1. The van der Waals surface area contributed by atoms with Gasteiger partial charge in [-0.1, -0.05) is 18.2 Å². The third-order valence-electron chi connectivity index (χ3n) is 9.25. The van der Waals surface area contributed by atoms with Crippen LogP contribution in [0.5, 0.6) is 0 Å². The maximum absolute atomic E-state index is 13.2. The number of rotatable bonds is 1. The first-order chi connectivity index (χ1) is 13.9. The zero-order valence-electron chi connectivity index (χ0n) is 17.1. The average molecular weight is 396 g/mol. The van der Waals surface area contributed by atoms with Crippen molar-refractivity contribution in [1.29, 1.82) is 0 Å². The zero-order chi connectivity index (χ0) is 20.2. The Morgan fingerprint density at radius 3 is 2.72 bits per heavy atom. The molecule has 6 heteroatoms. The molecule has 7 rings (SSSR count). The fraction of sp³-hybridized carbons (Fsp3) is 0.652. The molecule has 154 valence electrons. The summed E-state index contributed by atoms with van der Waals surface area (Å²) in [6, 6.07) is 8.40. The van der Waals surface area contributed by atoms with Crippen LogP contribution in [-0.2, 0) is 19.7 Å². The predicted octanol–water partition coefficient (Wildman–Crippen LogP) is 1.84.